The zero-order valence-corrected chi connectivity index (χ0v) is 10.6. The Morgan fingerprint density at radius 3 is 2.47 bits per heavy atom. The average Bonchev–Trinajstić information content (AvgIpc) is 2.29. The van der Waals surface area contributed by atoms with Gasteiger partial charge in [0.15, 0.2) is 0 Å². The molecule has 0 aliphatic heterocycles. The fourth-order valence-corrected chi connectivity index (χ4v) is 2.16. The van der Waals surface area contributed by atoms with Gasteiger partial charge in [-0.25, -0.2) is 9.37 Å². The van der Waals surface area contributed by atoms with Crippen molar-refractivity contribution < 1.29 is 4.39 Å². The summed E-state index contributed by atoms with van der Waals surface area (Å²) >= 11 is 5.25. The quantitative estimate of drug-likeness (QED) is 0.818. The van der Waals surface area contributed by atoms with Gasteiger partial charge >= 0.3 is 0 Å². The van der Waals surface area contributed by atoms with E-state index >= 15 is 0 Å². The molecule has 0 saturated heterocycles. The first-order chi connectivity index (χ1) is 8.11. The summed E-state index contributed by atoms with van der Waals surface area (Å²) in [6.07, 6.45) is 0.859. The van der Waals surface area contributed by atoms with E-state index in [-0.39, 0.29) is 5.82 Å². The van der Waals surface area contributed by atoms with Gasteiger partial charge in [0.1, 0.15) is 16.3 Å². The number of nitrogens with one attached hydrogen (secondary N) is 1. The molecular formula is C13H13FN2S. The molecule has 17 heavy (non-hydrogen) atoms. The van der Waals surface area contributed by atoms with Crippen LogP contribution in [0, 0.1) is 17.4 Å². The van der Waals surface area contributed by atoms with Crippen LogP contribution in [-0.4, -0.2) is 9.97 Å². The Hall–Kier alpha value is -1.55. The van der Waals surface area contributed by atoms with Gasteiger partial charge in [-0.15, -0.1) is 0 Å². The molecule has 1 N–H and O–H groups in total. The maximum absolute atomic E-state index is 12.8. The van der Waals surface area contributed by atoms with Gasteiger partial charge in [-0.2, -0.15) is 0 Å². The van der Waals surface area contributed by atoms with Crippen molar-refractivity contribution >= 4 is 12.2 Å². The number of nitrogens with zero attached hydrogens (tertiary/aromatic N) is 1. The summed E-state index contributed by atoms with van der Waals surface area (Å²) in [6.45, 7) is 4.02. The van der Waals surface area contributed by atoms with Gasteiger partial charge in [0.25, 0.3) is 0 Å². The molecule has 2 nitrogen and oxygen atoms in total. The van der Waals surface area contributed by atoms with Gasteiger partial charge in [-0.1, -0.05) is 19.1 Å². The molecule has 0 fully saturated rings. The summed E-state index contributed by atoms with van der Waals surface area (Å²) in [5.41, 5.74) is 2.92. The van der Waals surface area contributed by atoms with E-state index < -0.39 is 0 Å². The van der Waals surface area contributed by atoms with Crippen LogP contribution in [0.3, 0.4) is 0 Å². The van der Waals surface area contributed by atoms with E-state index in [9.17, 15) is 4.39 Å². The van der Waals surface area contributed by atoms with Crippen LogP contribution in [-0.2, 0) is 6.42 Å². The summed E-state index contributed by atoms with van der Waals surface area (Å²) in [5.74, 6) is 0.430. The van der Waals surface area contributed by atoms with E-state index in [1.807, 2.05) is 13.8 Å². The number of benzene rings is 1. The Kier molecular flexibility index (Phi) is 3.33. The summed E-state index contributed by atoms with van der Waals surface area (Å²) < 4.78 is 13.4. The van der Waals surface area contributed by atoms with Crippen molar-refractivity contribution in [3.63, 3.8) is 0 Å². The lowest BCUT2D eigenvalue weighted by Gasteiger charge is -2.07. The van der Waals surface area contributed by atoms with Gasteiger partial charge in [-0.05, 0) is 37.6 Å². The van der Waals surface area contributed by atoms with Crippen LogP contribution in [0.1, 0.15) is 18.2 Å². The van der Waals surface area contributed by atoms with E-state index in [1.54, 1.807) is 12.1 Å². The molecule has 0 spiro atoms. The molecule has 2 aromatic rings. The Morgan fingerprint density at radius 1 is 1.29 bits per heavy atom. The number of H-pyrrole nitrogens is 1. The molecule has 0 aliphatic rings. The SMILES string of the molecule is CCc1c(C)[nH]c(-c2ccc(F)cc2)nc1=S. The molecule has 0 radical (unpaired) electrons. The molecule has 0 saturated carbocycles. The number of aryl methyl sites for hydroxylation is 1. The molecule has 1 aromatic heterocycles. The number of aromatic nitrogens is 2. The number of rotatable bonds is 2. The lowest BCUT2D eigenvalue weighted by atomic mass is 10.1. The van der Waals surface area contributed by atoms with Crippen molar-refractivity contribution in [1.29, 1.82) is 0 Å². The molecule has 4 heteroatoms. The average molecular weight is 248 g/mol. The lowest BCUT2D eigenvalue weighted by Crippen LogP contribution is -1.99. The molecule has 88 valence electrons. The Labute approximate surface area is 105 Å². The summed E-state index contributed by atoms with van der Waals surface area (Å²) in [7, 11) is 0. The number of hydrogen-bond donors (Lipinski definition) is 1. The molecule has 2 rings (SSSR count). The first kappa shape index (κ1) is 11.9. The summed E-state index contributed by atoms with van der Waals surface area (Å²) in [4.78, 5) is 7.54. The maximum atomic E-state index is 12.8. The van der Waals surface area contributed by atoms with Crippen LogP contribution in [0.15, 0.2) is 24.3 Å². The molecular weight excluding hydrogens is 235 g/mol. The zero-order valence-electron chi connectivity index (χ0n) is 9.75. The second kappa shape index (κ2) is 4.75. The fraction of sp³-hybridized carbons (Fsp3) is 0.231. The van der Waals surface area contributed by atoms with Gasteiger partial charge < -0.3 is 4.98 Å². The van der Waals surface area contributed by atoms with Gasteiger partial charge in [0.05, 0.1) is 0 Å². The highest BCUT2D eigenvalue weighted by Gasteiger charge is 2.05. The Bertz CT molecular complexity index is 587. The normalized spacial score (nSPS) is 10.5. The fourth-order valence-electron chi connectivity index (χ4n) is 1.77. The molecule has 0 bridgehead atoms. The van der Waals surface area contributed by atoms with Crippen molar-refractivity contribution in [3.05, 3.63) is 46.0 Å². The van der Waals surface area contributed by atoms with Crippen LogP contribution >= 0.6 is 12.2 Å². The monoisotopic (exact) mass is 248 g/mol. The van der Waals surface area contributed by atoms with Crippen molar-refractivity contribution in [3.8, 4) is 11.4 Å². The van der Waals surface area contributed by atoms with Gasteiger partial charge in [-0.3, -0.25) is 0 Å². The zero-order chi connectivity index (χ0) is 12.4. The van der Waals surface area contributed by atoms with Crippen molar-refractivity contribution in [2.45, 2.75) is 20.3 Å². The molecule has 0 unspecified atom stereocenters. The van der Waals surface area contributed by atoms with E-state index in [0.29, 0.717) is 10.5 Å². The third-order valence-electron chi connectivity index (χ3n) is 2.70. The van der Waals surface area contributed by atoms with Crippen molar-refractivity contribution in [1.82, 2.24) is 9.97 Å². The Morgan fingerprint density at radius 2 is 1.94 bits per heavy atom. The lowest BCUT2D eigenvalue weighted by molar-refractivity contribution is 0.628. The third kappa shape index (κ3) is 2.42. The minimum atomic E-state index is -0.255. The largest absolute Gasteiger partial charge is 0.343 e. The topological polar surface area (TPSA) is 28.7 Å². The standard InChI is InChI=1S/C13H13FN2S/c1-3-11-8(2)15-12(16-13(11)17)9-4-6-10(14)7-5-9/h4-7H,3H2,1-2H3,(H,15,16,17). The number of aromatic amines is 1. The van der Waals surface area contributed by atoms with E-state index in [1.165, 1.54) is 12.1 Å². The first-order valence-electron chi connectivity index (χ1n) is 5.47. The maximum Gasteiger partial charge on any atom is 0.139 e. The van der Waals surface area contributed by atoms with Crippen LogP contribution in [0.2, 0.25) is 0 Å². The summed E-state index contributed by atoms with van der Waals surface area (Å²) in [6, 6.07) is 6.20. The molecule has 1 aromatic carbocycles. The highest BCUT2D eigenvalue weighted by atomic mass is 32.1. The van der Waals surface area contributed by atoms with Gasteiger partial charge in [0, 0.05) is 16.8 Å². The number of halogens is 1. The second-order valence-electron chi connectivity index (χ2n) is 3.85. The second-order valence-corrected chi connectivity index (χ2v) is 4.24. The highest BCUT2D eigenvalue weighted by Crippen LogP contribution is 2.17. The van der Waals surface area contributed by atoms with Crippen LogP contribution in [0.4, 0.5) is 4.39 Å². The van der Waals surface area contributed by atoms with E-state index in [0.717, 1.165) is 23.2 Å². The first-order valence-corrected chi connectivity index (χ1v) is 5.88. The molecule has 0 aliphatic carbocycles. The third-order valence-corrected chi connectivity index (χ3v) is 3.04. The predicted molar refractivity (Wildman–Crippen MR) is 68.9 cm³/mol. The smallest absolute Gasteiger partial charge is 0.139 e. The van der Waals surface area contributed by atoms with Crippen LogP contribution in [0.25, 0.3) is 11.4 Å². The highest BCUT2D eigenvalue weighted by molar-refractivity contribution is 7.71. The molecule has 0 atom stereocenters. The van der Waals surface area contributed by atoms with Crippen molar-refractivity contribution in [2.75, 3.05) is 0 Å². The van der Waals surface area contributed by atoms with Crippen molar-refractivity contribution in [2.24, 2.45) is 0 Å². The summed E-state index contributed by atoms with van der Waals surface area (Å²) in [5, 5.41) is 0. The van der Waals surface area contributed by atoms with E-state index in [4.69, 9.17) is 12.2 Å². The predicted octanol–water partition coefficient (Wildman–Crippen LogP) is 3.82. The molecule has 1 heterocycles. The molecule has 0 amide bonds. The van der Waals surface area contributed by atoms with Gasteiger partial charge in [0.2, 0.25) is 0 Å². The number of hydrogen-bond acceptors (Lipinski definition) is 2. The van der Waals surface area contributed by atoms with Crippen LogP contribution < -0.4 is 0 Å². The minimum absolute atomic E-state index is 0.255. The van der Waals surface area contributed by atoms with E-state index in [2.05, 4.69) is 9.97 Å². The minimum Gasteiger partial charge on any atom is -0.343 e. The Balaban J connectivity index is 2.54. The van der Waals surface area contributed by atoms with Crippen LogP contribution in [0.5, 0.6) is 0 Å².